The van der Waals surface area contributed by atoms with Gasteiger partial charge in [0, 0.05) is 0 Å². The maximum absolute atomic E-state index is 10.5. The van der Waals surface area contributed by atoms with Crippen LogP contribution in [-0.2, 0) is 9.53 Å². The third kappa shape index (κ3) is 4.87. The predicted molar refractivity (Wildman–Crippen MR) is 34.8 cm³/mol. The molecule has 0 atom stereocenters. The van der Waals surface area contributed by atoms with E-state index in [1.807, 2.05) is 0 Å². The number of hydrogen-bond acceptors (Lipinski definition) is 3. The van der Waals surface area contributed by atoms with Gasteiger partial charge < -0.3 is 10.1 Å². The van der Waals surface area contributed by atoms with Crippen LogP contribution in [0.5, 0.6) is 0 Å². The Balaban J connectivity index is 3.16. The van der Waals surface area contributed by atoms with Gasteiger partial charge >= 0.3 is 5.97 Å². The first-order valence-corrected chi connectivity index (χ1v) is 2.81. The standard InChI is InChI=1S/C6H11NO2/c1-3-7-5-6(8)9-4-2/h3,7H,1,4-5H2,2H3. The first-order valence-electron chi connectivity index (χ1n) is 2.81. The maximum atomic E-state index is 10.5. The molecule has 0 bridgehead atoms. The molecule has 3 heteroatoms. The SMILES string of the molecule is C=CNCC(=O)OCC. The molecule has 9 heavy (non-hydrogen) atoms. The molecule has 0 aromatic rings. The third-order valence-corrected chi connectivity index (χ3v) is 0.696. The summed E-state index contributed by atoms with van der Waals surface area (Å²) in [6.45, 7) is 5.78. The van der Waals surface area contributed by atoms with E-state index in [0.29, 0.717) is 6.61 Å². The van der Waals surface area contributed by atoms with Crippen molar-refractivity contribution in [2.24, 2.45) is 0 Å². The predicted octanol–water partition coefficient (Wildman–Crippen LogP) is 0.283. The molecule has 0 fully saturated rings. The molecule has 3 nitrogen and oxygen atoms in total. The van der Waals surface area contributed by atoms with Crippen molar-refractivity contribution in [3.05, 3.63) is 12.8 Å². The Labute approximate surface area is 54.7 Å². The topological polar surface area (TPSA) is 38.3 Å². The number of carbonyl (C=O) groups excluding carboxylic acids is 1. The average molecular weight is 129 g/mol. The molecule has 0 amide bonds. The minimum Gasteiger partial charge on any atom is -0.465 e. The summed E-state index contributed by atoms with van der Waals surface area (Å²) in [6.07, 6.45) is 1.46. The van der Waals surface area contributed by atoms with Gasteiger partial charge in [-0.3, -0.25) is 4.79 Å². The molecule has 0 aliphatic rings. The number of hydrogen-bond donors (Lipinski definition) is 1. The van der Waals surface area contributed by atoms with Gasteiger partial charge in [0.2, 0.25) is 0 Å². The summed E-state index contributed by atoms with van der Waals surface area (Å²) < 4.78 is 4.59. The van der Waals surface area contributed by atoms with E-state index in [1.165, 1.54) is 6.20 Å². The van der Waals surface area contributed by atoms with E-state index < -0.39 is 0 Å². The highest BCUT2D eigenvalue weighted by molar-refractivity contribution is 5.71. The summed E-state index contributed by atoms with van der Waals surface area (Å²) in [6, 6.07) is 0. The first kappa shape index (κ1) is 8.01. The van der Waals surface area contributed by atoms with Crippen LogP contribution in [0.3, 0.4) is 0 Å². The van der Waals surface area contributed by atoms with Gasteiger partial charge in [-0.15, -0.1) is 0 Å². The summed E-state index contributed by atoms with van der Waals surface area (Å²) >= 11 is 0. The molecule has 0 aliphatic carbocycles. The van der Waals surface area contributed by atoms with Crippen LogP contribution in [0.4, 0.5) is 0 Å². The summed E-state index contributed by atoms with van der Waals surface area (Å²) in [5, 5.41) is 2.62. The molecular weight excluding hydrogens is 118 g/mol. The molecule has 0 heterocycles. The molecule has 0 rings (SSSR count). The zero-order valence-electron chi connectivity index (χ0n) is 5.52. The fourth-order valence-electron chi connectivity index (χ4n) is 0.368. The van der Waals surface area contributed by atoms with Gasteiger partial charge in [-0.25, -0.2) is 0 Å². The third-order valence-electron chi connectivity index (χ3n) is 0.696. The Morgan fingerprint density at radius 1 is 1.89 bits per heavy atom. The van der Waals surface area contributed by atoms with Gasteiger partial charge in [-0.05, 0) is 13.1 Å². The van der Waals surface area contributed by atoms with Crippen LogP contribution in [0.1, 0.15) is 6.92 Å². The Morgan fingerprint density at radius 3 is 3.00 bits per heavy atom. The zero-order valence-corrected chi connectivity index (χ0v) is 5.52. The van der Waals surface area contributed by atoms with Crippen molar-refractivity contribution < 1.29 is 9.53 Å². The number of nitrogens with one attached hydrogen (secondary N) is 1. The lowest BCUT2D eigenvalue weighted by atomic mass is 10.6. The summed E-state index contributed by atoms with van der Waals surface area (Å²) in [5.41, 5.74) is 0. The smallest absolute Gasteiger partial charge is 0.325 e. The van der Waals surface area contributed by atoms with Gasteiger partial charge in [0.05, 0.1) is 6.61 Å². The lowest BCUT2D eigenvalue weighted by Gasteiger charge is -1.99. The highest BCUT2D eigenvalue weighted by Crippen LogP contribution is 1.73. The zero-order chi connectivity index (χ0) is 7.11. The summed E-state index contributed by atoms with van der Waals surface area (Å²) in [5.74, 6) is -0.252. The molecule has 0 radical (unpaired) electrons. The van der Waals surface area contributed by atoms with E-state index in [0.717, 1.165) is 0 Å². The van der Waals surface area contributed by atoms with Crippen LogP contribution in [0.25, 0.3) is 0 Å². The normalized spacial score (nSPS) is 8.11. The van der Waals surface area contributed by atoms with Crippen LogP contribution in [-0.4, -0.2) is 19.1 Å². The van der Waals surface area contributed by atoms with E-state index >= 15 is 0 Å². The van der Waals surface area contributed by atoms with E-state index in [9.17, 15) is 4.79 Å². The quantitative estimate of drug-likeness (QED) is 0.554. The summed E-state index contributed by atoms with van der Waals surface area (Å²) in [7, 11) is 0. The molecule has 1 N–H and O–H groups in total. The minimum absolute atomic E-state index is 0.206. The fraction of sp³-hybridized carbons (Fsp3) is 0.500. The van der Waals surface area contributed by atoms with E-state index in [-0.39, 0.29) is 12.5 Å². The Hall–Kier alpha value is -0.990. The van der Waals surface area contributed by atoms with Crippen molar-refractivity contribution in [1.82, 2.24) is 5.32 Å². The van der Waals surface area contributed by atoms with Crippen molar-refractivity contribution in [3.63, 3.8) is 0 Å². The van der Waals surface area contributed by atoms with Gasteiger partial charge in [0.15, 0.2) is 0 Å². The Morgan fingerprint density at radius 2 is 2.56 bits per heavy atom. The minimum atomic E-state index is -0.252. The Kier molecular flexibility index (Phi) is 4.59. The van der Waals surface area contributed by atoms with Crippen LogP contribution in [0.2, 0.25) is 0 Å². The summed E-state index contributed by atoms with van der Waals surface area (Å²) in [4.78, 5) is 10.5. The fourth-order valence-corrected chi connectivity index (χ4v) is 0.368. The van der Waals surface area contributed by atoms with Crippen molar-refractivity contribution in [1.29, 1.82) is 0 Å². The van der Waals surface area contributed by atoms with Gasteiger partial charge in [-0.1, -0.05) is 6.58 Å². The molecule has 0 aromatic carbocycles. The first-order chi connectivity index (χ1) is 4.31. The van der Waals surface area contributed by atoms with Crippen LogP contribution in [0.15, 0.2) is 12.8 Å². The van der Waals surface area contributed by atoms with Crippen molar-refractivity contribution in [2.45, 2.75) is 6.92 Å². The lowest BCUT2D eigenvalue weighted by Crippen LogP contribution is -2.19. The van der Waals surface area contributed by atoms with E-state index in [2.05, 4.69) is 16.6 Å². The van der Waals surface area contributed by atoms with Gasteiger partial charge in [-0.2, -0.15) is 0 Å². The highest BCUT2D eigenvalue weighted by Gasteiger charge is 1.95. The molecule has 0 aliphatic heterocycles. The van der Waals surface area contributed by atoms with Crippen LogP contribution >= 0.6 is 0 Å². The van der Waals surface area contributed by atoms with Crippen molar-refractivity contribution in [3.8, 4) is 0 Å². The molecule has 0 aromatic heterocycles. The van der Waals surface area contributed by atoms with Crippen molar-refractivity contribution in [2.75, 3.05) is 13.2 Å². The molecule has 0 spiro atoms. The highest BCUT2D eigenvalue weighted by atomic mass is 16.5. The lowest BCUT2D eigenvalue weighted by molar-refractivity contribution is -0.141. The maximum Gasteiger partial charge on any atom is 0.325 e. The molecule has 0 unspecified atom stereocenters. The largest absolute Gasteiger partial charge is 0.465 e. The van der Waals surface area contributed by atoms with E-state index in [1.54, 1.807) is 6.92 Å². The molecule has 0 saturated heterocycles. The number of esters is 1. The van der Waals surface area contributed by atoms with E-state index in [4.69, 9.17) is 0 Å². The second-order valence-electron chi connectivity index (χ2n) is 1.39. The number of ether oxygens (including phenoxy) is 1. The second-order valence-corrected chi connectivity index (χ2v) is 1.39. The Bertz CT molecular complexity index is 101. The van der Waals surface area contributed by atoms with Gasteiger partial charge in [0.1, 0.15) is 6.54 Å². The number of carbonyl (C=O) groups is 1. The molecular formula is C6H11NO2. The van der Waals surface area contributed by atoms with Crippen LogP contribution < -0.4 is 5.32 Å². The molecule has 52 valence electrons. The molecule has 0 saturated carbocycles. The average Bonchev–Trinajstić information content (AvgIpc) is 1.85. The number of rotatable bonds is 4. The second kappa shape index (κ2) is 5.15. The monoisotopic (exact) mass is 129 g/mol. The van der Waals surface area contributed by atoms with Gasteiger partial charge in [0.25, 0.3) is 0 Å². The van der Waals surface area contributed by atoms with Crippen molar-refractivity contribution >= 4 is 5.97 Å². The van der Waals surface area contributed by atoms with Crippen LogP contribution in [0, 0.1) is 0 Å².